The Morgan fingerprint density at radius 2 is 2.44 bits per heavy atom. The van der Waals surface area contributed by atoms with Crippen molar-refractivity contribution < 1.29 is 9.90 Å². The second-order valence-electron chi connectivity index (χ2n) is 3.26. The number of aliphatic hydroxyl groups is 1. The third kappa shape index (κ3) is 3.11. The van der Waals surface area contributed by atoms with Gasteiger partial charge in [-0.15, -0.1) is 5.10 Å². The van der Waals surface area contributed by atoms with Crippen LogP contribution >= 0.6 is 11.8 Å². The number of nitrogen functional groups attached to an aromatic ring is 1. The minimum Gasteiger partial charge on any atom is -0.395 e. The van der Waals surface area contributed by atoms with Crippen LogP contribution in [0.4, 0.5) is 5.95 Å². The molecular formula is C8H15N5O2S. The number of aliphatic hydroxyl groups excluding tert-OH is 1. The van der Waals surface area contributed by atoms with E-state index in [2.05, 4.69) is 20.5 Å². The summed E-state index contributed by atoms with van der Waals surface area (Å²) in [6, 6.07) is -0.168. The summed E-state index contributed by atoms with van der Waals surface area (Å²) in [5.41, 5.74) is 5.28. The van der Waals surface area contributed by atoms with Crippen LogP contribution in [-0.2, 0) is 0 Å². The molecule has 0 fully saturated rings. The number of H-pyrrole nitrogens is 1. The van der Waals surface area contributed by atoms with Crippen LogP contribution in [0, 0.1) is 0 Å². The van der Waals surface area contributed by atoms with Crippen molar-refractivity contribution in [1.82, 2.24) is 20.5 Å². The monoisotopic (exact) mass is 245 g/mol. The standard InChI is InChI=1S/C8H15N5O2S/c1-4(5(3-14)16-2)10-7(15)6-11-8(9)13-12-6/h4-5,14H,3H2,1-2H3,(H,10,15)(H3,9,11,12,13). The lowest BCUT2D eigenvalue weighted by atomic mass is 10.2. The topological polar surface area (TPSA) is 117 Å². The molecule has 2 unspecified atom stereocenters. The van der Waals surface area contributed by atoms with Gasteiger partial charge in [0, 0.05) is 11.3 Å². The summed E-state index contributed by atoms with van der Waals surface area (Å²) in [4.78, 5) is 15.3. The zero-order valence-corrected chi connectivity index (χ0v) is 9.91. The SMILES string of the molecule is CSC(CO)C(C)NC(=O)c1nc(N)n[nH]1. The smallest absolute Gasteiger partial charge is 0.288 e. The first-order valence-corrected chi connectivity index (χ1v) is 5.99. The van der Waals surface area contributed by atoms with Crippen molar-refractivity contribution in [2.75, 3.05) is 18.6 Å². The van der Waals surface area contributed by atoms with Crippen molar-refractivity contribution in [3.63, 3.8) is 0 Å². The molecular weight excluding hydrogens is 230 g/mol. The minimum absolute atomic E-state index is 0.00115. The van der Waals surface area contributed by atoms with Crippen molar-refractivity contribution in [3.8, 4) is 0 Å². The summed E-state index contributed by atoms with van der Waals surface area (Å²) in [7, 11) is 0. The van der Waals surface area contributed by atoms with Crippen molar-refractivity contribution in [2.45, 2.75) is 18.2 Å². The van der Waals surface area contributed by atoms with E-state index in [0.29, 0.717) is 0 Å². The van der Waals surface area contributed by atoms with Gasteiger partial charge in [0.25, 0.3) is 5.91 Å². The summed E-state index contributed by atoms with van der Waals surface area (Å²) in [5, 5.41) is 17.7. The molecule has 0 aliphatic rings. The molecule has 0 saturated carbocycles. The van der Waals surface area contributed by atoms with Gasteiger partial charge in [0.1, 0.15) is 0 Å². The van der Waals surface area contributed by atoms with Crippen LogP contribution in [-0.4, -0.2) is 50.3 Å². The first-order valence-electron chi connectivity index (χ1n) is 4.71. The average molecular weight is 245 g/mol. The fourth-order valence-electron chi connectivity index (χ4n) is 1.18. The van der Waals surface area contributed by atoms with Crippen LogP contribution in [0.5, 0.6) is 0 Å². The van der Waals surface area contributed by atoms with E-state index in [1.807, 2.05) is 13.2 Å². The highest BCUT2D eigenvalue weighted by Crippen LogP contribution is 2.10. The van der Waals surface area contributed by atoms with Crippen LogP contribution in [0.15, 0.2) is 0 Å². The molecule has 8 heteroatoms. The third-order valence-electron chi connectivity index (χ3n) is 2.12. The molecule has 0 saturated heterocycles. The van der Waals surface area contributed by atoms with Crippen LogP contribution in [0.2, 0.25) is 0 Å². The number of nitrogens with two attached hydrogens (primary N) is 1. The molecule has 0 aromatic carbocycles. The molecule has 5 N–H and O–H groups in total. The Balaban J connectivity index is 2.57. The zero-order chi connectivity index (χ0) is 12.1. The number of carbonyl (C=O) groups is 1. The van der Waals surface area contributed by atoms with E-state index >= 15 is 0 Å². The maximum absolute atomic E-state index is 11.6. The molecule has 1 rings (SSSR count). The molecule has 16 heavy (non-hydrogen) atoms. The highest BCUT2D eigenvalue weighted by atomic mass is 32.2. The Morgan fingerprint density at radius 3 is 2.88 bits per heavy atom. The van der Waals surface area contributed by atoms with Crippen molar-refractivity contribution >= 4 is 23.6 Å². The van der Waals surface area contributed by atoms with Gasteiger partial charge in [-0.3, -0.25) is 9.89 Å². The lowest BCUT2D eigenvalue weighted by Gasteiger charge is -2.20. The second kappa shape index (κ2) is 5.71. The number of thioether (sulfide) groups is 1. The van der Waals surface area contributed by atoms with E-state index in [4.69, 9.17) is 10.8 Å². The summed E-state index contributed by atoms with van der Waals surface area (Å²) >= 11 is 1.48. The summed E-state index contributed by atoms with van der Waals surface area (Å²) in [6.07, 6.45) is 1.87. The predicted molar refractivity (Wildman–Crippen MR) is 62.1 cm³/mol. The number of aromatic nitrogens is 3. The Labute approximate surface area is 97.2 Å². The number of amides is 1. The summed E-state index contributed by atoms with van der Waals surface area (Å²) in [5.74, 6) is -0.285. The molecule has 90 valence electrons. The van der Waals surface area contributed by atoms with Crippen molar-refractivity contribution in [1.29, 1.82) is 0 Å². The maximum atomic E-state index is 11.6. The number of anilines is 1. The number of hydrogen-bond acceptors (Lipinski definition) is 6. The number of nitrogens with zero attached hydrogens (tertiary/aromatic N) is 2. The normalized spacial score (nSPS) is 14.4. The third-order valence-corrected chi connectivity index (χ3v) is 3.28. The molecule has 1 amide bonds. The predicted octanol–water partition coefficient (Wildman–Crippen LogP) is -0.771. The summed E-state index contributed by atoms with van der Waals surface area (Å²) < 4.78 is 0. The molecule has 0 spiro atoms. The molecule has 0 aliphatic heterocycles. The Bertz CT molecular complexity index is 352. The summed E-state index contributed by atoms with van der Waals surface area (Å²) in [6.45, 7) is 1.82. The number of aromatic amines is 1. The maximum Gasteiger partial charge on any atom is 0.288 e. The van der Waals surface area contributed by atoms with E-state index in [1.54, 1.807) is 0 Å². The number of carbonyl (C=O) groups excluding carboxylic acids is 1. The first kappa shape index (κ1) is 12.8. The van der Waals surface area contributed by atoms with Crippen LogP contribution in [0.25, 0.3) is 0 Å². The van der Waals surface area contributed by atoms with Crippen LogP contribution in [0.3, 0.4) is 0 Å². The van der Waals surface area contributed by atoms with Gasteiger partial charge in [-0.2, -0.15) is 16.7 Å². The molecule has 2 atom stereocenters. The molecule has 0 aliphatic carbocycles. The fourth-order valence-corrected chi connectivity index (χ4v) is 1.81. The largest absolute Gasteiger partial charge is 0.395 e. The Hall–Kier alpha value is -1.28. The molecule has 7 nitrogen and oxygen atoms in total. The minimum atomic E-state index is -0.385. The lowest BCUT2D eigenvalue weighted by molar-refractivity contribution is 0.0926. The van der Waals surface area contributed by atoms with Crippen LogP contribution < -0.4 is 11.1 Å². The number of nitrogens with one attached hydrogen (secondary N) is 2. The van der Waals surface area contributed by atoms with Crippen LogP contribution in [0.1, 0.15) is 17.5 Å². The zero-order valence-electron chi connectivity index (χ0n) is 9.10. The van der Waals surface area contributed by atoms with Gasteiger partial charge in [-0.1, -0.05) is 0 Å². The fraction of sp³-hybridized carbons (Fsp3) is 0.625. The highest BCUT2D eigenvalue weighted by Gasteiger charge is 2.19. The van der Waals surface area contributed by atoms with E-state index in [1.165, 1.54) is 11.8 Å². The Morgan fingerprint density at radius 1 is 1.75 bits per heavy atom. The molecule has 1 aromatic heterocycles. The first-order chi connectivity index (χ1) is 7.58. The van der Waals surface area contributed by atoms with Gasteiger partial charge in [-0.05, 0) is 13.2 Å². The van der Waals surface area contributed by atoms with Gasteiger partial charge in [0.05, 0.1) is 6.61 Å². The van der Waals surface area contributed by atoms with Gasteiger partial charge in [0.2, 0.25) is 11.8 Å². The molecule has 1 aromatic rings. The quantitative estimate of drug-likeness (QED) is 0.541. The van der Waals surface area contributed by atoms with Gasteiger partial charge in [-0.25, -0.2) is 0 Å². The van der Waals surface area contributed by atoms with Gasteiger partial charge < -0.3 is 16.2 Å². The molecule has 1 heterocycles. The number of hydrogen-bond donors (Lipinski definition) is 4. The van der Waals surface area contributed by atoms with E-state index < -0.39 is 0 Å². The van der Waals surface area contributed by atoms with Crippen molar-refractivity contribution in [3.05, 3.63) is 5.82 Å². The van der Waals surface area contributed by atoms with Gasteiger partial charge >= 0.3 is 0 Å². The second-order valence-corrected chi connectivity index (χ2v) is 4.34. The van der Waals surface area contributed by atoms with Gasteiger partial charge in [0.15, 0.2) is 0 Å². The molecule has 0 radical (unpaired) electrons. The van der Waals surface area contributed by atoms with Crippen molar-refractivity contribution in [2.24, 2.45) is 0 Å². The van der Waals surface area contributed by atoms with E-state index in [9.17, 15) is 4.79 Å². The lowest BCUT2D eigenvalue weighted by Crippen LogP contribution is -2.41. The number of rotatable bonds is 5. The average Bonchev–Trinajstić information content (AvgIpc) is 2.66. The van der Waals surface area contributed by atoms with E-state index in [0.717, 1.165) is 0 Å². The molecule has 0 bridgehead atoms. The van der Waals surface area contributed by atoms with E-state index in [-0.39, 0.29) is 35.6 Å². The highest BCUT2D eigenvalue weighted by molar-refractivity contribution is 7.99. The Kier molecular flexibility index (Phi) is 4.56.